The first kappa shape index (κ1) is 22.9. The Balaban J connectivity index is 1.47. The zero-order valence-corrected chi connectivity index (χ0v) is 19.9. The van der Waals surface area contributed by atoms with Crippen LogP contribution in [0.1, 0.15) is 30.1 Å². The standard InChI is InChI=1S/C23H28N2O5S2/c1-16-9-11-25(12-10-16)23(26)19-13-18(7-8-22(19)31-2)32(27,28)24-14-17-15-29-20-5-3-4-6-21(20)30-17/h3-8,13,16-17,24H,9-12,14-15H2,1-2H3. The van der Waals surface area contributed by atoms with Gasteiger partial charge in [-0.3, -0.25) is 4.79 Å². The molecule has 172 valence electrons. The fraction of sp³-hybridized carbons (Fsp3) is 0.435. The molecule has 2 aromatic carbocycles. The largest absolute Gasteiger partial charge is 0.486 e. The molecule has 9 heteroatoms. The summed E-state index contributed by atoms with van der Waals surface area (Å²) < 4.78 is 40.0. The van der Waals surface area contributed by atoms with E-state index < -0.39 is 16.1 Å². The zero-order valence-electron chi connectivity index (χ0n) is 18.2. The zero-order chi connectivity index (χ0) is 22.7. The molecule has 0 spiro atoms. The second kappa shape index (κ2) is 9.72. The van der Waals surface area contributed by atoms with Gasteiger partial charge in [-0.2, -0.15) is 0 Å². The van der Waals surface area contributed by atoms with Crippen LogP contribution in [0.2, 0.25) is 0 Å². The quantitative estimate of drug-likeness (QED) is 0.644. The molecule has 1 atom stereocenters. The Morgan fingerprint density at radius 2 is 1.88 bits per heavy atom. The van der Waals surface area contributed by atoms with Crippen molar-refractivity contribution in [1.29, 1.82) is 0 Å². The van der Waals surface area contributed by atoms with E-state index in [0.29, 0.717) is 36.1 Å². The molecule has 0 aromatic heterocycles. The molecule has 0 aliphatic carbocycles. The van der Waals surface area contributed by atoms with Gasteiger partial charge in [0.1, 0.15) is 12.7 Å². The molecule has 1 saturated heterocycles. The van der Waals surface area contributed by atoms with Gasteiger partial charge in [0, 0.05) is 18.0 Å². The summed E-state index contributed by atoms with van der Waals surface area (Å²) in [7, 11) is -3.82. The van der Waals surface area contributed by atoms with Crippen molar-refractivity contribution >= 4 is 27.7 Å². The second-order valence-corrected chi connectivity index (χ2v) is 10.8. The second-order valence-electron chi connectivity index (χ2n) is 8.19. The van der Waals surface area contributed by atoms with Gasteiger partial charge < -0.3 is 14.4 Å². The van der Waals surface area contributed by atoms with Crippen LogP contribution < -0.4 is 14.2 Å². The van der Waals surface area contributed by atoms with Gasteiger partial charge in [0.15, 0.2) is 11.5 Å². The molecule has 2 aliphatic heterocycles. The van der Waals surface area contributed by atoms with Gasteiger partial charge in [-0.05, 0) is 55.3 Å². The van der Waals surface area contributed by atoms with Crippen LogP contribution in [0.4, 0.5) is 0 Å². The molecule has 1 fully saturated rings. The van der Waals surface area contributed by atoms with Crippen LogP contribution in [0, 0.1) is 5.92 Å². The van der Waals surface area contributed by atoms with Crippen molar-refractivity contribution in [2.75, 3.05) is 32.5 Å². The predicted octanol–water partition coefficient (Wildman–Crippen LogP) is 3.40. The number of benzene rings is 2. The monoisotopic (exact) mass is 476 g/mol. The van der Waals surface area contributed by atoms with Crippen LogP contribution in [0.15, 0.2) is 52.3 Å². The van der Waals surface area contributed by atoms with Gasteiger partial charge in [0.25, 0.3) is 5.91 Å². The Morgan fingerprint density at radius 1 is 1.16 bits per heavy atom. The number of rotatable bonds is 6. The highest BCUT2D eigenvalue weighted by atomic mass is 32.2. The lowest BCUT2D eigenvalue weighted by molar-refractivity contribution is 0.0693. The number of hydrogen-bond donors (Lipinski definition) is 1. The lowest BCUT2D eigenvalue weighted by Crippen LogP contribution is -2.41. The number of fused-ring (bicyclic) bond motifs is 1. The van der Waals surface area contributed by atoms with Crippen molar-refractivity contribution in [3.8, 4) is 11.5 Å². The predicted molar refractivity (Wildman–Crippen MR) is 124 cm³/mol. The molecule has 0 saturated carbocycles. The third-order valence-corrected chi connectivity index (χ3v) is 8.07. The first-order chi connectivity index (χ1) is 15.4. The van der Waals surface area contributed by atoms with Gasteiger partial charge in [0.05, 0.1) is 17.0 Å². The summed E-state index contributed by atoms with van der Waals surface area (Å²) in [5.74, 6) is 1.73. The third kappa shape index (κ3) is 5.05. The fourth-order valence-corrected chi connectivity index (χ4v) is 5.52. The number of ether oxygens (including phenoxy) is 2. The Morgan fingerprint density at radius 3 is 2.59 bits per heavy atom. The van der Waals surface area contributed by atoms with Crippen LogP contribution in [0.3, 0.4) is 0 Å². The van der Waals surface area contributed by atoms with Crippen molar-refractivity contribution in [1.82, 2.24) is 9.62 Å². The SMILES string of the molecule is CSc1ccc(S(=O)(=O)NCC2COc3ccccc3O2)cc1C(=O)N1CCC(C)CC1. The summed E-state index contributed by atoms with van der Waals surface area (Å²) in [5.41, 5.74) is 0.432. The Bertz CT molecular complexity index is 1080. The van der Waals surface area contributed by atoms with E-state index in [1.54, 1.807) is 12.1 Å². The summed E-state index contributed by atoms with van der Waals surface area (Å²) in [4.78, 5) is 15.8. The van der Waals surface area contributed by atoms with E-state index in [-0.39, 0.29) is 24.0 Å². The van der Waals surface area contributed by atoms with Gasteiger partial charge in [-0.1, -0.05) is 19.1 Å². The molecule has 0 radical (unpaired) electrons. The number of sulfonamides is 1. The lowest BCUT2D eigenvalue weighted by atomic mass is 9.98. The number of nitrogens with one attached hydrogen (secondary N) is 1. The number of nitrogens with zero attached hydrogens (tertiary/aromatic N) is 1. The van der Waals surface area contributed by atoms with Crippen LogP contribution in [0.25, 0.3) is 0 Å². The van der Waals surface area contributed by atoms with Crippen molar-refractivity contribution < 1.29 is 22.7 Å². The number of amides is 1. The molecule has 4 rings (SSSR count). The minimum atomic E-state index is -3.82. The van der Waals surface area contributed by atoms with Crippen molar-refractivity contribution in [2.24, 2.45) is 5.92 Å². The minimum absolute atomic E-state index is 0.0637. The summed E-state index contributed by atoms with van der Waals surface area (Å²) in [6.07, 6.45) is 3.37. The number of para-hydroxylation sites is 2. The summed E-state index contributed by atoms with van der Waals surface area (Å²) in [5, 5.41) is 0. The summed E-state index contributed by atoms with van der Waals surface area (Å²) in [6.45, 7) is 3.90. The Labute approximate surface area is 193 Å². The van der Waals surface area contributed by atoms with Gasteiger partial charge >= 0.3 is 0 Å². The molecular formula is C23H28N2O5S2. The van der Waals surface area contributed by atoms with Gasteiger partial charge in [0.2, 0.25) is 10.0 Å². The van der Waals surface area contributed by atoms with Crippen molar-refractivity contribution in [3.63, 3.8) is 0 Å². The van der Waals surface area contributed by atoms with Crippen LogP contribution >= 0.6 is 11.8 Å². The first-order valence-corrected chi connectivity index (χ1v) is 13.4. The topological polar surface area (TPSA) is 84.9 Å². The molecule has 0 bridgehead atoms. The van der Waals surface area contributed by atoms with E-state index in [1.165, 1.54) is 23.9 Å². The number of carbonyl (C=O) groups excluding carboxylic acids is 1. The molecule has 1 unspecified atom stereocenters. The number of thioether (sulfide) groups is 1. The Kier molecular flexibility index (Phi) is 6.97. The molecule has 2 aliphatic rings. The minimum Gasteiger partial charge on any atom is -0.486 e. The lowest BCUT2D eigenvalue weighted by Gasteiger charge is -2.31. The summed E-state index contributed by atoms with van der Waals surface area (Å²) in [6, 6.07) is 12.0. The maximum absolute atomic E-state index is 13.1. The van der Waals surface area contributed by atoms with E-state index in [0.717, 1.165) is 17.7 Å². The molecule has 1 N–H and O–H groups in total. The van der Waals surface area contributed by atoms with Gasteiger partial charge in [-0.15, -0.1) is 11.8 Å². The Hall–Kier alpha value is -2.23. The van der Waals surface area contributed by atoms with Gasteiger partial charge in [-0.25, -0.2) is 13.1 Å². The van der Waals surface area contributed by atoms with Crippen LogP contribution in [0.5, 0.6) is 11.5 Å². The maximum Gasteiger partial charge on any atom is 0.255 e. The van der Waals surface area contributed by atoms with Crippen LogP contribution in [-0.2, 0) is 10.0 Å². The van der Waals surface area contributed by atoms with Crippen LogP contribution in [-0.4, -0.2) is 57.8 Å². The van der Waals surface area contributed by atoms with E-state index in [1.807, 2.05) is 29.4 Å². The highest BCUT2D eigenvalue weighted by Gasteiger charge is 2.27. The molecule has 2 aromatic rings. The molecule has 7 nitrogen and oxygen atoms in total. The number of hydrogen-bond acceptors (Lipinski definition) is 6. The fourth-order valence-electron chi connectivity index (χ4n) is 3.85. The average Bonchev–Trinajstić information content (AvgIpc) is 2.82. The van der Waals surface area contributed by atoms with E-state index >= 15 is 0 Å². The highest BCUT2D eigenvalue weighted by Crippen LogP contribution is 2.31. The molecular weight excluding hydrogens is 448 g/mol. The molecule has 32 heavy (non-hydrogen) atoms. The average molecular weight is 477 g/mol. The third-order valence-electron chi connectivity index (χ3n) is 5.85. The number of carbonyl (C=O) groups is 1. The van der Waals surface area contributed by atoms with E-state index in [9.17, 15) is 13.2 Å². The maximum atomic E-state index is 13.1. The van der Waals surface area contributed by atoms with E-state index in [4.69, 9.17) is 9.47 Å². The summed E-state index contributed by atoms with van der Waals surface area (Å²) >= 11 is 1.44. The molecule has 1 amide bonds. The number of likely N-dealkylation sites (tertiary alicyclic amines) is 1. The normalized spacial score (nSPS) is 19.1. The smallest absolute Gasteiger partial charge is 0.255 e. The van der Waals surface area contributed by atoms with Crippen molar-refractivity contribution in [2.45, 2.75) is 35.7 Å². The highest BCUT2D eigenvalue weighted by molar-refractivity contribution is 7.98. The van der Waals surface area contributed by atoms with E-state index in [2.05, 4.69) is 11.6 Å². The number of piperidine rings is 1. The molecule has 2 heterocycles. The first-order valence-electron chi connectivity index (χ1n) is 10.7. The van der Waals surface area contributed by atoms with Crippen molar-refractivity contribution in [3.05, 3.63) is 48.0 Å².